The molecule has 2 aliphatic rings. The first-order chi connectivity index (χ1) is 8.93. The summed E-state index contributed by atoms with van der Waals surface area (Å²) >= 11 is 0. The minimum atomic E-state index is -0.993. The van der Waals surface area contributed by atoms with Gasteiger partial charge in [-0.25, -0.2) is 4.79 Å². The number of carbonyl (C=O) groups excluding carboxylic acids is 2. The Balaban J connectivity index is 2.15. The number of carbonyl (C=O) groups is 3. The molecule has 0 radical (unpaired) electrons. The fourth-order valence-electron chi connectivity index (χ4n) is 2.73. The van der Waals surface area contributed by atoms with E-state index in [-0.39, 0.29) is 17.9 Å². The maximum atomic E-state index is 12.6. The molecule has 2 unspecified atom stereocenters. The monoisotopic (exact) mass is 268 g/mol. The summed E-state index contributed by atoms with van der Waals surface area (Å²) in [6, 6.07) is -1.26. The second-order valence-electron chi connectivity index (χ2n) is 5.36. The summed E-state index contributed by atoms with van der Waals surface area (Å²) < 4.78 is 0. The van der Waals surface area contributed by atoms with Crippen LogP contribution in [0.3, 0.4) is 0 Å². The molecule has 0 bridgehead atoms. The summed E-state index contributed by atoms with van der Waals surface area (Å²) in [5.41, 5.74) is 0. The molecule has 19 heavy (non-hydrogen) atoms. The molecule has 1 N–H and O–H groups in total. The van der Waals surface area contributed by atoms with Gasteiger partial charge < -0.3 is 14.9 Å². The standard InChI is InChI=1S/C13H20N2O4/c1-8(13(18)19)15(10-5-6-10)12(17)11-4-3-7-14(11)9(2)16/h8,10-11H,3-7H2,1-2H3,(H,18,19). The normalized spacial score (nSPS) is 24.1. The van der Waals surface area contributed by atoms with E-state index in [2.05, 4.69) is 0 Å². The van der Waals surface area contributed by atoms with E-state index in [1.54, 1.807) is 4.90 Å². The lowest BCUT2D eigenvalue weighted by Gasteiger charge is -2.32. The Morgan fingerprint density at radius 3 is 2.37 bits per heavy atom. The van der Waals surface area contributed by atoms with Gasteiger partial charge in [0.2, 0.25) is 11.8 Å². The minimum absolute atomic E-state index is 0.0352. The maximum Gasteiger partial charge on any atom is 0.326 e. The summed E-state index contributed by atoms with van der Waals surface area (Å²) in [4.78, 5) is 38.2. The van der Waals surface area contributed by atoms with Crippen molar-refractivity contribution in [1.82, 2.24) is 9.80 Å². The molecule has 1 saturated carbocycles. The number of carboxylic acid groups (broad SMARTS) is 1. The number of hydrogen-bond donors (Lipinski definition) is 1. The lowest BCUT2D eigenvalue weighted by Crippen LogP contribution is -2.53. The highest BCUT2D eigenvalue weighted by molar-refractivity contribution is 5.90. The third-order valence-electron chi connectivity index (χ3n) is 3.91. The average Bonchev–Trinajstić information content (AvgIpc) is 3.04. The summed E-state index contributed by atoms with van der Waals surface area (Å²) in [7, 11) is 0. The zero-order chi connectivity index (χ0) is 14.2. The van der Waals surface area contributed by atoms with Crippen LogP contribution in [0.5, 0.6) is 0 Å². The SMILES string of the molecule is CC(=O)N1CCCC1C(=O)N(C1CC1)C(C)C(=O)O. The van der Waals surface area contributed by atoms with E-state index in [0.717, 1.165) is 19.3 Å². The molecule has 1 heterocycles. The van der Waals surface area contributed by atoms with Crippen LogP contribution < -0.4 is 0 Å². The highest BCUT2D eigenvalue weighted by Crippen LogP contribution is 2.31. The molecule has 1 saturated heterocycles. The number of likely N-dealkylation sites (tertiary alicyclic amines) is 1. The van der Waals surface area contributed by atoms with Crippen molar-refractivity contribution in [1.29, 1.82) is 0 Å². The summed E-state index contributed by atoms with van der Waals surface area (Å²) in [5.74, 6) is -1.31. The zero-order valence-corrected chi connectivity index (χ0v) is 11.3. The van der Waals surface area contributed by atoms with Crippen LogP contribution in [0.4, 0.5) is 0 Å². The Morgan fingerprint density at radius 1 is 1.26 bits per heavy atom. The van der Waals surface area contributed by atoms with Crippen molar-refractivity contribution in [3.63, 3.8) is 0 Å². The molecule has 1 aliphatic carbocycles. The van der Waals surface area contributed by atoms with Crippen molar-refractivity contribution in [2.24, 2.45) is 0 Å². The van der Waals surface area contributed by atoms with E-state index in [1.807, 2.05) is 0 Å². The van der Waals surface area contributed by atoms with Crippen molar-refractivity contribution < 1.29 is 19.5 Å². The fraction of sp³-hybridized carbons (Fsp3) is 0.769. The Labute approximate surface area is 112 Å². The fourth-order valence-corrected chi connectivity index (χ4v) is 2.73. The average molecular weight is 268 g/mol. The first-order valence-corrected chi connectivity index (χ1v) is 6.75. The van der Waals surface area contributed by atoms with Crippen molar-refractivity contribution >= 4 is 17.8 Å². The Kier molecular flexibility index (Phi) is 3.78. The predicted molar refractivity (Wildman–Crippen MR) is 67.4 cm³/mol. The second kappa shape index (κ2) is 5.19. The lowest BCUT2D eigenvalue weighted by molar-refractivity contribution is -0.153. The number of carboxylic acids is 1. The summed E-state index contributed by atoms with van der Waals surface area (Å²) in [5, 5.41) is 9.12. The molecule has 0 aromatic heterocycles. The first-order valence-electron chi connectivity index (χ1n) is 6.75. The van der Waals surface area contributed by atoms with Gasteiger partial charge in [0.15, 0.2) is 0 Å². The molecule has 0 aromatic carbocycles. The molecule has 2 fully saturated rings. The Bertz CT molecular complexity index is 405. The molecular weight excluding hydrogens is 248 g/mol. The summed E-state index contributed by atoms with van der Waals surface area (Å²) in [6.07, 6.45) is 3.15. The van der Waals surface area contributed by atoms with Gasteiger partial charge in [0, 0.05) is 19.5 Å². The van der Waals surface area contributed by atoms with Crippen LogP contribution in [0.1, 0.15) is 39.5 Å². The van der Waals surface area contributed by atoms with E-state index >= 15 is 0 Å². The van der Waals surface area contributed by atoms with Crippen molar-refractivity contribution in [3.8, 4) is 0 Å². The van der Waals surface area contributed by atoms with Gasteiger partial charge in [-0.3, -0.25) is 9.59 Å². The van der Waals surface area contributed by atoms with Gasteiger partial charge in [-0.15, -0.1) is 0 Å². The van der Waals surface area contributed by atoms with Gasteiger partial charge in [-0.05, 0) is 32.6 Å². The molecule has 6 heteroatoms. The minimum Gasteiger partial charge on any atom is -0.480 e. The van der Waals surface area contributed by atoms with Crippen molar-refractivity contribution in [2.75, 3.05) is 6.54 Å². The van der Waals surface area contributed by atoms with Crippen molar-refractivity contribution in [2.45, 2.75) is 57.7 Å². The predicted octanol–water partition coefficient (Wildman–Crippen LogP) is 0.461. The van der Waals surface area contributed by atoms with E-state index < -0.39 is 18.1 Å². The van der Waals surface area contributed by atoms with Gasteiger partial charge in [-0.2, -0.15) is 0 Å². The third kappa shape index (κ3) is 2.72. The van der Waals surface area contributed by atoms with E-state index in [1.165, 1.54) is 18.7 Å². The van der Waals surface area contributed by atoms with E-state index in [4.69, 9.17) is 5.11 Å². The van der Waals surface area contributed by atoms with Gasteiger partial charge >= 0.3 is 5.97 Å². The largest absolute Gasteiger partial charge is 0.480 e. The number of amides is 2. The molecule has 2 atom stereocenters. The van der Waals surface area contributed by atoms with Crippen LogP contribution >= 0.6 is 0 Å². The summed E-state index contributed by atoms with van der Waals surface area (Å²) in [6.45, 7) is 3.57. The first kappa shape index (κ1) is 13.8. The Morgan fingerprint density at radius 2 is 1.89 bits per heavy atom. The molecule has 0 spiro atoms. The number of aliphatic carboxylic acids is 1. The molecule has 2 rings (SSSR count). The van der Waals surface area contributed by atoms with Gasteiger partial charge in [0.25, 0.3) is 0 Å². The van der Waals surface area contributed by atoms with Gasteiger partial charge in [-0.1, -0.05) is 0 Å². The molecular formula is C13H20N2O4. The lowest BCUT2D eigenvalue weighted by atomic mass is 10.1. The number of hydrogen-bond acceptors (Lipinski definition) is 3. The molecule has 2 amide bonds. The second-order valence-corrected chi connectivity index (χ2v) is 5.36. The van der Waals surface area contributed by atoms with Crippen LogP contribution in [-0.4, -0.2) is 57.4 Å². The van der Waals surface area contributed by atoms with Crippen LogP contribution in [0.2, 0.25) is 0 Å². The molecule has 0 aromatic rings. The molecule has 106 valence electrons. The van der Waals surface area contributed by atoms with Crippen LogP contribution in [0.25, 0.3) is 0 Å². The van der Waals surface area contributed by atoms with E-state index in [0.29, 0.717) is 13.0 Å². The van der Waals surface area contributed by atoms with Crippen LogP contribution in [0, 0.1) is 0 Å². The van der Waals surface area contributed by atoms with Crippen LogP contribution in [-0.2, 0) is 14.4 Å². The Hall–Kier alpha value is -1.59. The van der Waals surface area contributed by atoms with Gasteiger partial charge in [0.1, 0.15) is 12.1 Å². The topological polar surface area (TPSA) is 77.9 Å². The molecule has 6 nitrogen and oxygen atoms in total. The zero-order valence-electron chi connectivity index (χ0n) is 11.3. The number of rotatable bonds is 4. The quantitative estimate of drug-likeness (QED) is 0.803. The third-order valence-corrected chi connectivity index (χ3v) is 3.91. The van der Waals surface area contributed by atoms with Crippen molar-refractivity contribution in [3.05, 3.63) is 0 Å². The maximum absolute atomic E-state index is 12.6. The van der Waals surface area contributed by atoms with Crippen LogP contribution in [0.15, 0.2) is 0 Å². The number of nitrogens with zero attached hydrogens (tertiary/aromatic N) is 2. The highest BCUT2D eigenvalue weighted by Gasteiger charge is 2.44. The molecule has 1 aliphatic heterocycles. The smallest absolute Gasteiger partial charge is 0.326 e. The van der Waals surface area contributed by atoms with E-state index in [9.17, 15) is 14.4 Å². The highest BCUT2D eigenvalue weighted by atomic mass is 16.4. The van der Waals surface area contributed by atoms with Gasteiger partial charge in [0.05, 0.1) is 0 Å².